The molecule has 0 N–H and O–H groups in total. The molecule has 0 unspecified atom stereocenters. The summed E-state index contributed by atoms with van der Waals surface area (Å²) in [6.07, 6.45) is 4.54. The van der Waals surface area contributed by atoms with Crippen LogP contribution in [-0.2, 0) is 4.74 Å². The Kier molecular flexibility index (Phi) is 8.09. The van der Waals surface area contributed by atoms with E-state index in [9.17, 15) is 0 Å². The fourth-order valence-corrected chi connectivity index (χ4v) is 0.775. The van der Waals surface area contributed by atoms with Crippen molar-refractivity contribution in [1.82, 2.24) is 0 Å². The van der Waals surface area contributed by atoms with Gasteiger partial charge >= 0.3 is 0 Å². The molecule has 0 bridgehead atoms. The Balaban J connectivity index is 2.66. The van der Waals surface area contributed by atoms with E-state index in [0.29, 0.717) is 0 Å². The number of ether oxygens (including phenoxy) is 1. The van der Waals surface area contributed by atoms with E-state index in [1.165, 1.54) is 12.8 Å². The van der Waals surface area contributed by atoms with Gasteiger partial charge in [0.25, 0.3) is 0 Å². The Hall–Kier alpha value is 0.0500. The Labute approximate surface area is 62.4 Å². The van der Waals surface area contributed by atoms with Crippen molar-refractivity contribution >= 4 is 17.6 Å². The molecule has 0 aliphatic rings. The lowest BCUT2D eigenvalue weighted by Crippen LogP contribution is -1.86. The standard InChI is InChI=1S/C7H13OS/c1-8-6-4-2-3-5-7-9/h7H,1-6H2. The highest BCUT2D eigenvalue weighted by atomic mass is 32.1. The Morgan fingerprint density at radius 3 is 2.67 bits per heavy atom. The summed E-state index contributed by atoms with van der Waals surface area (Å²) in [5.41, 5.74) is 0. The van der Waals surface area contributed by atoms with Crippen molar-refractivity contribution in [2.24, 2.45) is 0 Å². The van der Waals surface area contributed by atoms with Crippen LogP contribution in [0.3, 0.4) is 0 Å². The van der Waals surface area contributed by atoms with Gasteiger partial charge in [-0.05, 0) is 24.6 Å². The topological polar surface area (TPSA) is 9.23 Å². The quantitative estimate of drug-likeness (QED) is 0.419. The van der Waals surface area contributed by atoms with Crippen molar-refractivity contribution in [2.45, 2.75) is 25.7 Å². The summed E-state index contributed by atoms with van der Waals surface area (Å²) in [4.78, 5) is 0. The molecule has 1 radical (unpaired) electrons. The van der Waals surface area contributed by atoms with Gasteiger partial charge in [-0.3, -0.25) is 0 Å². The van der Waals surface area contributed by atoms with Gasteiger partial charge in [0, 0.05) is 6.61 Å². The third-order valence-electron chi connectivity index (χ3n) is 1.11. The second-order valence-corrected chi connectivity index (χ2v) is 2.26. The molecule has 0 saturated carbocycles. The van der Waals surface area contributed by atoms with E-state index < -0.39 is 0 Å². The maximum Gasteiger partial charge on any atom is 0.0700 e. The molecule has 0 aromatic rings. The number of hydrogen-bond donors (Lipinski definition) is 0. The van der Waals surface area contributed by atoms with Gasteiger partial charge in [0.05, 0.1) is 7.11 Å². The summed E-state index contributed by atoms with van der Waals surface area (Å²) in [6.45, 7) is 0.775. The molecule has 0 heterocycles. The van der Waals surface area contributed by atoms with Gasteiger partial charge in [0.2, 0.25) is 0 Å². The largest absolute Gasteiger partial charge is 0.379 e. The van der Waals surface area contributed by atoms with Crippen LogP contribution in [0.1, 0.15) is 25.7 Å². The molecule has 0 atom stereocenters. The third kappa shape index (κ3) is 8.05. The van der Waals surface area contributed by atoms with Crippen molar-refractivity contribution in [3.8, 4) is 0 Å². The van der Waals surface area contributed by atoms with Crippen molar-refractivity contribution < 1.29 is 4.74 Å². The van der Waals surface area contributed by atoms with Gasteiger partial charge in [-0.2, -0.15) is 0 Å². The minimum Gasteiger partial charge on any atom is -0.379 e. The lowest BCUT2D eigenvalue weighted by Gasteiger charge is -1.95. The Morgan fingerprint density at radius 2 is 2.11 bits per heavy atom. The zero-order chi connectivity index (χ0) is 6.95. The summed E-state index contributed by atoms with van der Waals surface area (Å²) in [6, 6.07) is 0. The minimum absolute atomic E-state index is 0.775. The fourth-order valence-electron chi connectivity index (χ4n) is 0.609. The molecular weight excluding hydrogens is 132 g/mol. The first-order valence-corrected chi connectivity index (χ1v) is 3.69. The molecule has 53 valence electrons. The zero-order valence-electron chi connectivity index (χ0n) is 5.64. The van der Waals surface area contributed by atoms with Gasteiger partial charge in [-0.15, -0.1) is 0 Å². The normalized spacial score (nSPS) is 9.44. The summed E-state index contributed by atoms with van der Waals surface area (Å²) >= 11 is 4.66. The van der Waals surface area contributed by atoms with E-state index in [1.54, 1.807) is 5.37 Å². The van der Waals surface area contributed by atoms with Gasteiger partial charge < -0.3 is 4.74 Å². The Bertz CT molecular complexity index is 63.9. The first-order valence-electron chi connectivity index (χ1n) is 3.22. The molecule has 0 saturated heterocycles. The molecule has 9 heavy (non-hydrogen) atoms. The van der Waals surface area contributed by atoms with Crippen LogP contribution in [0, 0.1) is 7.11 Å². The van der Waals surface area contributed by atoms with E-state index >= 15 is 0 Å². The lowest BCUT2D eigenvalue weighted by molar-refractivity contribution is 0.234. The smallest absolute Gasteiger partial charge is 0.0700 e. The number of rotatable bonds is 6. The van der Waals surface area contributed by atoms with E-state index in [-0.39, 0.29) is 0 Å². The highest BCUT2D eigenvalue weighted by molar-refractivity contribution is 7.78. The molecule has 0 rings (SSSR count). The fraction of sp³-hybridized carbons (Fsp3) is 0.714. The zero-order valence-corrected chi connectivity index (χ0v) is 6.45. The van der Waals surface area contributed by atoms with E-state index in [1.807, 2.05) is 0 Å². The molecule has 0 aromatic carbocycles. The van der Waals surface area contributed by atoms with Gasteiger partial charge in [-0.1, -0.05) is 18.6 Å². The van der Waals surface area contributed by atoms with Crippen LogP contribution < -0.4 is 0 Å². The summed E-state index contributed by atoms with van der Waals surface area (Å²) in [5, 5.41) is 1.78. The predicted molar refractivity (Wildman–Crippen MR) is 43.4 cm³/mol. The van der Waals surface area contributed by atoms with Crippen molar-refractivity contribution in [3.63, 3.8) is 0 Å². The molecular formula is C7H13OS. The van der Waals surface area contributed by atoms with Gasteiger partial charge in [0.15, 0.2) is 0 Å². The average molecular weight is 145 g/mol. The van der Waals surface area contributed by atoms with Crippen LogP contribution >= 0.6 is 12.2 Å². The van der Waals surface area contributed by atoms with E-state index in [4.69, 9.17) is 0 Å². The van der Waals surface area contributed by atoms with E-state index in [2.05, 4.69) is 24.1 Å². The summed E-state index contributed by atoms with van der Waals surface area (Å²) in [7, 11) is 3.28. The molecule has 2 heteroatoms. The summed E-state index contributed by atoms with van der Waals surface area (Å²) < 4.78 is 4.64. The second kappa shape index (κ2) is 8.05. The van der Waals surface area contributed by atoms with Crippen LogP contribution in [0.15, 0.2) is 0 Å². The monoisotopic (exact) mass is 145 g/mol. The molecule has 1 nitrogen and oxygen atoms in total. The van der Waals surface area contributed by atoms with E-state index in [0.717, 1.165) is 19.4 Å². The van der Waals surface area contributed by atoms with Crippen LogP contribution in [0.2, 0.25) is 0 Å². The third-order valence-corrected chi connectivity index (χ3v) is 1.35. The van der Waals surface area contributed by atoms with Gasteiger partial charge in [-0.25, -0.2) is 0 Å². The highest BCUT2D eigenvalue weighted by Gasteiger charge is 1.85. The number of thiocarbonyl (C=S) groups is 1. The SMILES string of the molecule is [CH2]OCCCCCC=S. The van der Waals surface area contributed by atoms with Crippen molar-refractivity contribution in [3.05, 3.63) is 7.11 Å². The molecule has 0 aliphatic heterocycles. The van der Waals surface area contributed by atoms with Crippen molar-refractivity contribution in [1.29, 1.82) is 0 Å². The molecule has 0 amide bonds. The predicted octanol–water partition coefficient (Wildman–Crippen LogP) is 2.35. The number of unbranched alkanes of at least 4 members (excludes halogenated alkanes) is 3. The number of hydrogen-bond acceptors (Lipinski definition) is 2. The Morgan fingerprint density at radius 1 is 1.33 bits per heavy atom. The highest BCUT2D eigenvalue weighted by Crippen LogP contribution is 1.97. The van der Waals surface area contributed by atoms with Crippen molar-refractivity contribution in [2.75, 3.05) is 6.61 Å². The molecule has 0 aliphatic carbocycles. The maximum absolute atomic E-state index is 4.66. The average Bonchev–Trinajstić information content (AvgIpc) is 1.89. The first kappa shape index (κ1) is 9.05. The van der Waals surface area contributed by atoms with Crippen LogP contribution in [-0.4, -0.2) is 12.0 Å². The molecule has 0 spiro atoms. The second-order valence-electron chi connectivity index (χ2n) is 1.92. The summed E-state index contributed by atoms with van der Waals surface area (Å²) in [5.74, 6) is 0. The lowest BCUT2D eigenvalue weighted by atomic mass is 10.2. The van der Waals surface area contributed by atoms with Crippen LogP contribution in [0.25, 0.3) is 0 Å². The first-order chi connectivity index (χ1) is 4.41. The maximum atomic E-state index is 4.66. The van der Waals surface area contributed by atoms with Gasteiger partial charge in [0.1, 0.15) is 0 Å². The molecule has 0 aromatic heterocycles. The van der Waals surface area contributed by atoms with Crippen LogP contribution in [0.5, 0.6) is 0 Å². The minimum atomic E-state index is 0.775. The van der Waals surface area contributed by atoms with Crippen LogP contribution in [0.4, 0.5) is 0 Å². The molecule has 0 fully saturated rings.